The molecule has 0 fully saturated rings. The number of aromatic amines is 2. The van der Waals surface area contributed by atoms with E-state index in [0.717, 1.165) is 11.8 Å². The van der Waals surface area contributed by atoms with Gasteiger partial charge in [-0.2, -0.15) is 5.10 Å². The Kier molecular flexibility index (Phi) is 5.53. The topological polar surface area (TPSA) is 134 Å². The number of anilines is 1. The van der Waals surface area contributed by atoms with E-state index >= 15 is 0 Å². The van der Waals surface area contributed by atoms with Crippen molar-refractivity contribution in [1.82, 2.24) is 15.2 Å². The van der Waals surface area contributed by atoms with Gasteiger partial charge in [0.1, 0.15) is 0 Å². The number of hydrogen-bond donors (Lipinski definition) is 3. The number of esters is 1. The first-order chi connectivity index (χ1) is 11.4. The Morgan fingerprint density at radius 2 is 2.08 bits per heavy atom. The Hall–Kier alpha value is -2.88. The number of thioether (sulfide) groups is 1. The van der Waals surface area contributed by atoms with Crippen LogP contribution in [0.4, 0.5) is 5.69 Å². The second-order valence-corrected chi connectivity index (χ2v) is 5.96. The molecule has 3 N–H and O–H groups in total. The summed E-state index contributed by atoms with van der Waals surface area (Å²) in [5.41, 5.74) is -0.676. The summed E-state index contributed by atoms with van der Waals surface area (Å²) in [6.07, 6.45) is 0. The van der Waals surface area contributed by atoms with Crippen molar-refractivity contribution in [2.75, 3.05) is 12.4 Å². The zero-order chi connectivity index (χ0) is 17.7. The van der Waals surface area contributed by atoms with Crippen LogP contribution in [-0.4, -0.2) is 39.4 Å². The normalized spacial score (nSPS) is 11.6. The highest BCUT2D eigenvalue weighted by molar-refractivity contribution is 8.00. The zero-order valence-electron chi connectivity index (χ0n) is 12.8. The molecule has 0 radical (unpaired) electrons. The molecule has 1 amide bonds. The van der Waals surface area contributed by atoms with Gasteiger partial charge in [0.25, 0.3) is 5.56 Å². The summed E-state index contributed by atoms with van der Waals surface area (Å²) in [6.45, 7) is 1.58. The fourth-order valence-corrected chi connectivity index (χ4v) is 2.48. The fraction of sp³-hybridized carbons (Fsp3) is 0.214. The molecule has 0 saturated carbocycles. The minimum atomic E-state index is -0.721. The van der Waals surface area contributed by atoms with Crippen LogP contribution in [0.25, 0.3) is 0 Å². The number of amides is 1. The molecule has 0 bridgehead atoms. The van der Waals surface area contributed by atoms with Gasteiger partial charge < -0.3 is 10.1 Å². The molecule has 126 valence electrons. The van der Waals surface area contributed by atoms with Gasteiger partial charge in [0.2, 0.25) is 5.91 Å². The van der Waals surface area contributed by atoms with Crippen molar-refractivity contribution in [2.24, 2.45) is 0 Å². The Morgan fingerprint density at radius 3 is 2.75 bits per heavy atom. The zero-order valence-corrected chi connectivity index (χ0v) is 13.6. The lowest BCUT2D eigenvalue weighted by Gasteiger charge is -2.11. The van der Waals surface area contributed by atoms with E-state index in [9.17, 15) is 19.2 Å². The Bertz CT molecular complexity index is 876. The molecule has 2 aromatic rings. The SMILES string of the molecule is COC(=O)c1cccc(NC(=O)C(C)Sc2n[nH]c(=O)[nH]c2=O)c1. The molecule has 1 unspecified atom stereocenters. The van der Waals surface area contributed by atoms with Crippen LogP contribution < -0.4 is 16.6 Å². The van der Waals surface area contributed by atoms with Crippen LogP contribution in [-0.2, 0) is 9.53 Å². The van der Waals surface area contributed by atoms with Gasteiger partial charge >= 0.3 is 11.7 Å². The Balaban J connectivity index is 2.07. The van der Waals surface area contributed by atoms with Gasteiger partial charge in [-0.25, -0.2) is 14.7 Å². The van der Waals surface area contributed by atoms with Gasteiger partial charge in [-0.05, 0) is 25.1 Å². The third-order valence-electron chi connectivity index (χ3n) is 2.89. The standard InChI is InChI=1S/C14H14N4O5S/c1-7(24-12-11(20)16-14(22)18-17-12)10(19)15-9-5-3-4-8(6-9)13(21)23-2/h3-7H,1-2H3,(H,15,19)(H2,16,18,20,22). The van der Waals surface area contributed by atoms with E-state index in [0.29, 0.717) is 11.3 Å². The average molecular weight is 350 g/mol. The van der Waals surface area contributed by atoms with Crippen LogP contribution >= 0.6 is 11.8 Å². The molecular weight excluding hydrogens is 336 g/mol. The molecular formula is C14H14N4O5S. The van der Waals surface area contributed by atoms with E-state index in [2.05, 4.69) is 20.3 Å². The molecule has 0 aliphatic heterocycles. The van der Waals surface area contributed by atoms with Gasteiger partial charge in [-0.1, -0.05) is 17.8 Å². The van der Waals surface area contributed by atoms with E-state index < -0.39 is 28.4 Å². The number of H-pyrrole nitrogens is 2. The molecule has 1 aromatic carbocycles. The second-order valence-electron chi connectivity index (χ2n) is 4.63. The molecule has 9 nitrogen and oxygen atoms in total. The first-order valence-corrected chi connectivity index (χ1v) is 7.63. The number of benzene rings is 1. The third kappa shape index (κ3) is 4.32. The summed E-state index contributed by atoms with van der Waals surface area (Å²) in [6, 6.07) is 6.26. The molecule has 1 aromatic heterocycles. The Morgan fingerprint density at radius 1 is 1.33 bits per heavy atom. The first kappa shape index (κ1) is 17.5. The van der Waals surface area contributed by atoms with Gasteiger partial charge in [0, 0.05) is 5.69 Å². The van der Waals surface area contributed by atoms with Gasteiger partial charge in [0.05, 0.1) is 17.9 Å². The molecule has 0 saturated heterocycles. The van der Waals surface area contributed by atoms with E-state index in [-0.39, 0.29) is 5.03 Å². The predicted molar refractivity (Wildman–Crippen MR) is 87.2 cm³/mol. The molecule has 1 heterocycles. The number of carbonyl (C=O) groups is 2. The smallest absolute Gasteiger partial charge is 0.342 e. The van der Waals surface area contributed by atoms with Crippen molar-refractivity contribution < 1.29 is 14.3 Å². The van der Waals surface area contributed by atoms with Crippen molar-refractivity contribution in [3.05, 3.63) is 50.7 Å². The van der Waals surface area contributed by atoms with Crippen LogP contribution in [0.2, 0.25) is 0 Å². The summed E-state index contributed by atoms with van der Waals surface area (Å²) in [4.78, 5) is 48.2. The number of nitrogens with zero attached hydrogens (tertiary/aromatic N) is 1. The van der Waals surface area contributed by atoms with Gasteiger partial charge in [-0.3, -0.25) is 14.6 Å². The number of methoxy groups -OCH3 is 1. The van der Waals surface area contributed by atoms with Crippen molar-refractivity contribution in [3.63, 3.8) is 0 Å². The van der Waals surface area contributed by atoms with Crippen molar-refractivity contribution in [2.45, 2.75) is 17.2 Å². The number of carbonyl (C=O) groups excluding carboxylic acids is 2. The lowest BCUT2D eigenvalue weighted by atomic mass is 10.2. The number of aromatic nitrogens is 3. The lowest BCUT2D eigenvalue weighted by Crippen LogP contribution is -2.28. The molecule has 0 aliphatic rings. The van der Waals surface area contributed by atoms with Crippen LogP contribution in [0.15, 0.2) is 38.9 Å². The van der Waals surface area contributed by atoms with Crippen LogP contribution in [0.5, 0.6) is 0 Å². The first-order valence-electron chi connectivity index (χ1n) is 6.75. The summed E-state index contributed by atoms with van der Waals surface area (Å²) >= 11 is 0.893. The molecule has 24 heavy (non-hydrogen) atoms. The number of nitrogens with one attached hydrogen (secondary N) is 3. The maximum atomic E-state index is 12.2. The third-order valence-corrected chi connectivity index (χ3v) is 3.96. The lowest BCUT2D eigenvalue weighted by molar-refractivity contribution is -0.115. The van der Waals surface area contributed by atoms with E-state index in [1.807, 2.05) is 4.98 Å². The molecule has 0 spiro atoms. The van der Waals surface area contributed by atoms with Gasteiger partial charge in [0.15, 0.2) is 5.03 Å². The molecule has 10 heteroatoms. The minimum absolute atomic E-state index is 0.0273. The number of ether oxygens (including phenoxy) is 1. The van der Waals surface area contributed by atoms with E-state index in [1.54, 1.807) is 25.1 Å². The highest BCUT2D eigenvalue weighted by atomic mass is 32.2. The molecule has 2 rings (SSSR count). The maximum absolute atomic E-state index is 12.2. The monoisotopic (exact) mass is 350 g/mol. The van der Waals surface area contributed by atoms with Crippen LogP contribution in [0.1, 0.15) is 17.3 Å². The predicted octanol–water partition coefficient (Wildman–Crippen LogP) is 0.364. The van der Waals surface area contributed by atoms with Crippen molar-refractivity contribution in [1.29, 1.82) is 0 Å². The largest absolute Gasteiger partial charge is 0.465 e. The summed E-state index contributed by atoms with van der Waals surface area (Å²) in [5.74, 6) is -0.910. The number of hydrogen-bond acceptors (Lipinski definition) is 7. The minimum Gasteiger partial charge on any atom is -0.465 e. The summed E-state index contributed by atoms with van der Waals surface area (Å²) in [5, 5.41) is 7.64. The Labute approximate surface area is 139 Å². The highest BCUT2D eigenvalue weighted by Gasteiger charge is 2.18. The quantitative estimate of drug-likeness (QED) is 0.523. The molecule has 1 atom stereocenters. The second kappa shape index (κ2) is 7.59. The van der Waals surface area contributed by atoms with Gasteiger partial charge in [-0.15, -0.1) is 0 Å². The van der Waals surface area contributed by atoms with Crippen molar-refractivity contribution in [3.8, 4) is 0 Å². The van der Waals surface area contributed by atoms with E-state index in [1.165, 1.54) is 13.2 Å². The maximum Gasteiger partial charge on any atom is 0.342 e. The number of rotatable bonds is 5. The van der Waals surface area contributed by atoms with E-state index in [4.69, 9.17) is 0 Å². The van der Waals surface area contributed by atoms with Crippen LogP contribution in [0.3, 0.4) is 0 Å². The summed E-state index contributed by atoms with van der Waals surface area (Å²) in [7, 11) is 1.26. The molecule has 0 aliphatic carbocycles. The average Bonchev–Trinajstić information content (AvgIpc) is 2.56. The van der Waals surface area contributed by atoms with Crippen molar-refractivity contribution >= 4 is 29.3 Å². The highest BCUT2D eigenvalue weighted by Crippen LogP contribution is 2.19. The van der Waals surface area contributed by atoms with Crippen LogP contribution in [0, 0.1) is 0 Å². The summed E-state index contributed by atoms with van der Waals surface area (Å²) < 4.78 is 4.61. The fourth-order valence-electron chi connectivity index (χ4n) is 1.72.